The van der Waals surface area contributed by atoms with Crippen molar-refractivity contribution in [2.24, 2.45) is 0 Å². The molecular weight excluding hydrogens is 301 g/mol. The second-order valence-corrected chi connectivity index (χ2v) is 4.86. The van der Waals surface area contributed by atoms with Gasteiger partial charge in [-0.05, 0) is 42.0 Å². The molecule has 0 saturated carbocycles. The van der Waals surface area contributed by atoms with Gasteiger partial charge in [0.2, 0.25) is 0 Å². The van der Waals surface area contributed by atoms with Gasteiger partial charge in [0.05, 0.1) is 10.5 Å². The molecular formula is C17H10FNO4. The van der Waals surface area contributed by atoms with Gasteiger partial charge in [-0.25, -0.2) is 9.18 Å². The van der Waals surface area contributed by atoms with Crippen molar-refractivity contribution in [3.05, 3.63) is 87.2 Å². The quantitative estimate of drug-likeness (QED) is 0.375. The van der Waals surface area contributed by atoms with E-state index in [-0.39, 0.29) is 17.1 Å². The summed E-state index contributed by atoms with van der Waals surface area (Å²) >= 11 is 0. The molecule has 1 heterocycles. The molecule has 0 amide bonds. The zero-order valence-corrected chi connectivity index (χ0v) is 11.7. The van der Waals surface area contributed by atoms with Crippen LogP contribution in [0.25, 0.3) is 11.8 Å². The van der Waals surface area contributed by atoms with Crippen molar-refractivity contribution in [3.8, 4) is 0 Å². The van der Waals surface area contributed by atoms with Crippen LogP contribution in [-0.2, 0) is 9.53 Å². The molecule has 2 aromatic carbocycles. The Labute approximate surface area is 130 Å². The van der Waals surface area contributed by atoms with E-state index in [1.165, 1.54) is 54.6 Å². The Morgan fingerprint density at radius 1 is 1.13 bits per heavy atom. The molecule has 0 spiro atoms. The first-order chi connectivity index (χ1) is 11.0. The summed E-state index contributed by atoms with van der Waals surface area (Å²) in [6.07, 6.45) is 3.03. The maximum Gasteiger partial charge on any atom is 0.343 e. The normalized spacial score (nSPS) is 15.4. The lowest BCUT2D eigenvalue weighted by atomic mass is 10.1. The molecule has 114 valence electrons. The van der Waals surface area contributed by atoms with Gasteiger partial charge in [0.1, 0.15) is 11.6 Å². The fraction of sp³-hybridized carbons (Fsp3) is 0. The molecule has 23 heavy (non-hydrogen) atoms. The van der Waals surface area contributed by atoms with Crippen LogP contribution < -0.4 is 0 Å². The highest BCUT2D eigenvalue weighted by Gasteiger charge is 2.22. The van der Waals surface area contributed by atoms with E-state index in [0.29, 0.717) is 16.9 Å². The lowest BCUT2D eigenvalue weighted by Crippen LogP contribution is -1.97. The van der Waals surface area contributed by atoms with Gasteiger partial charge < -0.3 is 4.74 Å². The minimum atomic E-state index is -0.559. The molecule has 0 radical (unpaired) electrons. The molecule has 0 aromatic heterocycles. The first-order valence-corrected chi connectivity index (χ1v) is 6.69. The molecule has 3 rings (SSSR count). The second-order valence-electron chi connectivity index (χ2n) is 4.86. The third-order valence-corrected chi connectivity index (χ3v) is 3.26. The van der Waals surface area contributed by atoms with E-state index in [9.17, 15) is 19.3 Å². The summed E-state index contributed by atoms with van der Waals surface area (Å²) in [7, 11) is 0. The summed E-state index contributed by atoms with van der Waals surface area (Å²) in [5.74, 6) is -0.631. The Bertz CT molecular complexity index is 853. The van der Waals surface area contributed by atoms with Gasteiger partial charge in [-0.1, -0.05) is 12.1 Å². The highest BCUT2D eigenvalue weighted by atomic mass is 19.1. The van der Waals surface area contributed by atoms with E-state index >= 15 is 0 Å². The van der Waals surface area contributed by atoms with Crippen LogP contribution >= 0.6 is 0 Å². The number of rotatable bonds is 3. The fourth-order valence-electron chi connectivity index (χ4n) is 2.15. The molecule has 5 nitrogen and oxygen atoms in total. The van der Waals surface area contributed by atoms with Crippen molar-refractivity contribution in [2.45, 2.75) is 0 Å². The van der Waals surface area contributed by atoms with Crippen LogP contribution in [0.2, 0.25) is 0 Å². The molecule has 0 fully saturated rings. The van der Waals surface area contributed by atoms with Gasteiger partial charge in [-0.3, -0.25) is 10.1 Å². The minimum absolute atomic E-state index is 0.0616. The van der Waals surface area contributed by atoms with Crippen molar-refractivity contribution in [1.29, 1.82) is 0 Å². The Morgan fingerprint density at radius 3 is 2.57 bits per heavy atom. The van der Waals surface area contributed by atoms with Crippen LogP contribution in [0.15, 0.2) is 60.2 Å². The topological polar surface area (TPSA) is 69.4 Å². The smallest absolute Gasteiger partial charge is 0.343 e. The number of non-ortho nitro benzene ring substituents is 1. The maximum atomic E-state index is 12.9. The SMILES string of the molecule is O=C1OC(c2ccc(F)cc2)=C/C1=C/c1cccc([N+](=O)[O-])c1. The monoisotopic (exact) mass is 311 g/mol. The van der Waals surface area contributed by atoms with Crippen molar-refractivity contribution < 1.29 is 18.8 Å². The van der Waals surface area contributed by atoms with E-state index in [1.54, 1.807) is 6.07 Å². The lowest BCUT2D eigenvalue weighted by molar-refractivity contribution is -0.384. The number of halogens is 1. The molecule has 1 aliphatic heterocycles. The molecule has 0 unspecified atom stereocenters. The molecule has 1 aliphatic rings. The van der Waals surface area contributed by atoms with E-state index in [0.717, 1.165) is 0 Å². The third kappa shape index (κ3) is 3.16. The Morgan fingerprint density at radius 2 is 1.87 bits per heavy atom. The minimum Gasteiger partial charge on any atom is -0.422 e. The number of nitro groups is 1. The number of hydrogen-bond donors (Lipinski definition) is 0. The van der Waals surface area contributed by atoms with Gasteiger partial charge in [-0.15, -0.1) is 0 Å². The lowest BCUT2D eigenvalue weighted by Gasteiger charge is -2.00. The summed E-state index contributed by atoms with van der Waals surface area (Å²) in [5, 5.41) is 10.8. The standard InChI is InChI=1S/C17H10FNO4/c18-14-6-4-12(5-7-14)16-10-13(17(20)23-16)8-11-2-1-3-15(9-11)19(21)22/h1-10H/b13-8-. The predicted molar refractivity (Wildman–Crippen MR) is 81.5 cm³/mol. The van der Waals surface area contributed by atoms with Crippen LogP contribution in [0.4, 0.5) is 10.1 Å². The fourth-order valence-corrected chi connectivity index (χ4v) is 2.15. The van der Waals surface area contributed by atoms with Crippen LogP contribution in [-0.4, -0.2) is 10.9 Å². The zero-order valence-electron chi connectivity index (χ0n) is 11.7. The average molecular weight is 311 g/mol. The number of benzene rings is 2. The van der Waals surface area contributed by atoms with Gasteiger partial charge in [-0.2, -0.15) is 0 Å². The average Bonchev–Trinajstić information content (AvgIpc) is 2.89. The zero-order chi connectivity index (χ0) is 16.4. The van der Waals surface area contributed by atoms with Crippen LogP contribution in [0.3, 0.4) is 0 Å². The van der Waals surface area contributed by atoms with E-state index in [1.807, 2.05) is 0 Å². The van der Waals surface area contributed by atoms with Crippen LogP contribution in [0, 0.1) is 15.9 Å². The van der Waals surface area contributed by atoms with E-state index < -0.39 is 10.9 Å². The van der Waals surface area contributed by atoms with Gasteiger partial charge in [0.15, 0.2) is 0 Å². The summed E-state index contributed by atoms with van der Waals surface area (Å²) in [6, 6.07) is 11.5. The summed E-state index contributed by atoms with van der Waals surface area (Å²) in [5.41, 5.74) is 1.29. The number of ether oxygens (including phenoxy) is 1. The molecule has 0 aliphatic carbocycles. The molecule has 2 aromatic rings. The second kappa shape index (κ2) is 5.84. The van der Waals surface area contributed by atoms with Crippen molar-refractivity contribution in [1.82, 2.24) is 0 Å². The molecule has 0 atom stereocenters. The Balaban J connectivity index is 1.93. The van der Waals surface area contributed by atoms with E-state index in [2.05, 4.69) is 0 Å². The Hall–Kier alpha value is -3.28. The number of nitrogens with zero attached hydrogens (tertiary/aromatic N) is 1. The first-order valence-electron chi connectivity index (χ1n) is 6.69. The number of carbonyl (C=O) groups is 1. The molecule has 0 saturated heterocycles. The number of hydrogen-bond acceptors (Lipinski definition) is 4. The number of esters is 1. The third-order valence-electron chi connectivity index (χ3n) is 3.26. The van der Waals surface area contributed by atoms with Gasteiger partial charge >= 0.3 is 5.97 Å². The van der Waals surface area contributed by atoms with Crippen molar-refractivity contribution in [2.75, 3.05) is 0 Å². The number of nitro benzene ring substituents is 1. The van der Waals surface area contributed by atoms with Crippen LogP contribution in [0.1, 0.15) is 11.1 Å². The van der Waals surface area contributed by atoms with Crippen molar-refractivity contribution >= 4 is 23.5 Å². The Kier molecular flexibility index (Phi) is 3.72. The van der Waals surface area contributed by atoms with Crippen LogP contribution in [0.5, 0.6) is 0 Å². The van der Waals surface area contributed by atoms with Gasteiger partial charge in [0.25, 0.3) is 5.69 Å². The predicted octanol–water partition coefficient (Wildman–Crippen LogP) is 3.72. The first kappa shape index (κ1) is 14.6. The summed E-state index contributed by atoms with van der Waals surface area (Å²) in [6.45, 7) is 0. The number of carbonyl (C=O) groups excluding carboxylic acids is 1. The number of cyclic esters (lactones) is 1. The van der Waals surface area contributed by atoms with Crippen molar-refractivity contribution in [3.63, 3.8) is 0 Å². The summed E-state index contributed by atoms with van der Waals surface area (Å²) in [4.78, 5) is 22.2. The van der Waals surface area contributed by atoms with E-state index in [4.69, 9.17) is 4.74 Å². The summed E-state index contributed by atoms with van der Waals surface area (Å²) < 4.78 is 18.1. The highest BCUT2D eigenvalue weighted by Crippen LogP contribution is 2.28. The molecule has 6 heteroatoms. The highest BCUT2D eigenvalue weighted by molar-refractivity contribution is 6.05. The van der Waals surface area contributed by atoms with Gasteiger partial charge in [0, 0.05) is 17.7 Å². The molecule has 0 N–H and O–H groups in total. The maximum absolute atomic E-state index is 12.9. The largest absolute Gasteiger partial charge is 0.422 e. The molecule has 0 bridgehead atoms.